The fourth-order valence-corrected chi connectivity index (χ4v) is 5.00. The second-order valence-corrected chi connectivity index (χ2v) is 9.52. The quantitative estimate of drug-likeness (QED) is 0.793. The van der Waals surface area contributed by atoms with Crippen LogP contribution in [-0.2, 0) is 10.0 Å². The van der Waals surface area contributed by atoms with Crippen LogP contribution in [0.2, 0.25) is 5.02 Å². The fraction of sp³-hybridized carbons (Fsp3) is 0.381. The SMILES string of the molecule is CC(C)NS(=O)(=O)c1ccc(Cl)c(C(=O)N2CCC(c3ccccc3)CC2)c1. The minimum atomic E-state index is -3.69. The number of sulfonamides is 1. The second kappa shape index (κ2) is 8.64. The molecule has 0 unspecified atom stereocenters. The molecular formula is C21H25ClN2O3S. The van der Waals surface area contributed by atoms with E-state index in [4.69, 9.17) is 11.6 Å². The van der Waals surface area contributed by atoms with E-state index in [2.05, 4.69) is 16.9 Å². The highest BCUT2D eigenvalue weighted by molar-refractivity contribution is 7.89. The highest BCUT2D eigenvalue weighted by Crippen LogP contribution is 2.30. The molecule has 1 amide bonds. The second-order valence-electron chi connectivity index (χ2n) is 7.39. The molecule has 0 spiro atoms. The number of likely N-dealkylation sites (tertiary alicyclic amines) is 1. The molecule has 28 heavy (non-hydrogen) atoms. The Hall–Kier alpha value is -1.89. The van der Waals surface area contributed by atoms with Crippen molar-refractivity contribution in [2.75, 3.05) is 13.1 Å². The lowest BCUT2D eigenvalue weighted by atomic mass is 9.89. The first kappa shape index (κ1) is 20.8. The summed E-state index contributed by atoms with van der Waals surface area (Å²) in [6.07, 6.45) is 1.75. The van der Waals surface area contributed by atoms with Gasteiger partial charge < -0.3 is 4.90 Å². The maximum Gasteiger partial charge on any atom is 0.255 e. The van der Waals surface area contributed by atoms with Gasteiger partial charge >= 0.3 is 0 Å². The summed E-state index contributed by atoms with van der Waals surface area (Å²) in [5.41, 5.74) is 1.52. The van der Waals surface area contributed by atoms with Crippen LogP contribution in [0.3, 0.4) is 0 Å². The molecule has 0 bridgehead atoms. The molecule has 3 rings (SSSR count). The molecule has 2 aromatic carbocycles. The molecule has 1 heterocycles. The Bertz CT molecular complexity index is 937. The number of carbonyl (C=O) groups is 1. The lowest BCUT2D eigenvalue weighted by molar-refractivity contribution is 0.0713. The molecule has 1 saturated heterocycles. The molecule has 1 N–H and O–H groups in total. The van der Waals surface area contributed by atoms with E-state index in [9.17, 15) is 13.2 Å². The zero-order chi connectivity index (χ0) is 20.3. The first-order valence-electron chi connectivity index (χ1n) is 9.44. The van der Waals surface area contributed by atoms with Gasteiger partial charge in [-0.2, -0.15) is 0 Å². The Kier molecular flexibility index (Phi) is 6.43. The van der Waals surface area contributed by atoms with Gasteiger partial charge in [-0.15, -0.1) is 0 Å². The van der Waals surface area contributed by atoms with Crippen molar-refractivity contribution in [3.05, 3.63) is 64.7 Å². The molecule has 0 aliphatic carbocycles. The third-order valence-corrected chi connectivity index (χ3v) is 6.91. The largest absolute Gasteiger partial charge is 0.339 e. The van der Waals surface area contributed by atoms with Gasteiger partial charge in [0.25, 0.3) is 5.91 Å². The van der Waals surface area contributed by atoms with Gasteiger partial charge in [-0.1, -0.05) is 41.9 Å². The molecule has 1 fully saturated rings. The molecule has 0 aromatic heterocycles. The van der Waals surface area contributed by atoms with Crippen LogP contribution in [0.15, 0.2) is 53.4 Å². The van der Waals surface area contributed by atoms with Gasteiger partial charge in [0, 0.05) is 19.1 Å². The van der Waals surface area contributed by atoms with E-state index in [1.165, 1.54) is 23.8 Å². The van der Waals surface area contributed by atoms with E-state index in [0.29, 0.717) is 19.0 Å². The fourth-order valence-electron chi connectivity index (χ4n) is 3.53. The van der Waals surface area contributed by atoms with Crippen LogP contribution >= 0.6 is 11.6 Å². The minimum absolute atomic E-state index is 0.0492. The Labute approximate surface area is 171 Å². The van der Waals surface area contributed by atoms with Crippen molar-refractivity contribution in [2.24, 2.45) is 0 Å². The zero-order valence-electron chi connectivity index (χ0n) is 16.1. The summed E-state index contributed by atoms with van der Waals surface area (Å²) in [7, 11) is -3.69. The van der Waals surface area contributed by atoms with Crippen molar-refractivity contribution in [1.82, 2.24) is 9.62 Å². The summed E-state index contributed by atoms with van der Waals surface area (Å²) in [5.74, 6) is 0.209. The van der Waals surface area contributed by atoms with Crippen LogP contribution in [-0.4, -0.2) is 38.4 Å². The average Bonchev–Trinajstić information content (AvgIpc) is 2.67. The molecule has 5 nitrogen and oxygen atoms in total. The maximum atomic E-state index is 13.0. The summed E-state index contributed by atoms with van der Waals surface area (Å²) < 4.78 is 27.4. The molecule has 0 saturated carbocycles. The summed E-state index contributed by atoms with van der Waals surface area (Å²) in [6.45, 7) is 4.73. The zero-order valence-corrected chi connectivity index (χ0v) is 17.6. The van der Waals surface area contributed by atoms with Crippen molar-refractivity contribution in [1.29, 1.82) is 0 Å². The summed E-state index contributed by atoms with van der Waals surface area (Å²) in [5, 5.41) is 0.263. The van der Waals surface area contributed by atoms with Crippen LogP contribution < -0.4 is 4.72 Å². The summed E-state index contributed by atoms with van der Waals surface area (Å²) in [4.78, 5) is 14.8. The third-order valence-electron chi connectivity index (χ3n) is 4.92. The molecule has 0 atom stereocenters. The summed E-state index contributed by atoms with van der Waals surface area (Å²) in [6, 6.07) is 14.3. The predicted octanol–water partition coefficient (Wildman–Crippen LogP) is 4.05. The van der Waals surface area contributed by atoms with Crippen molar-refractivity contribution >= 4 is 27.5 Å². The van der Waals surface area contributed by atoms with Gasteiger partial charge in [0.15, 0.2) is 0 Å². The number of benzene rings is 2. The number of amides is 1. The minimum Gasteiger partial charge on any atom is -0.339 e. The topological polar surface area (TPSA) is 66.5 Å². The van der Waals surface area contributed by atoms with Crippen LogP contribution in [0, 0.1) is 0 Å². The molecular weight excluding hydrogens is 396 g/mol. The van der Waals surface area contributed by atoms with Crippen LogP contribution in [0.4, 0.5) is 0 Å². The van der Waals surface area contributed by atoms with E-state index in [1.54, 1.807) is 18.7 Å². The average molecular weight is 421 g/mol. The molecule has 2 aromatic rings. The first-order chi connectivity index (χ1) is 13.3. The standard InChI is InChI=1S/C21H25ClN2O3S/c1-15(2)23-28(26,27)18-8-9-20(22)19(14-18)21(25)24-12-10-17(11-13-24)16-6-4-3-5-7-16/h3-9,14-15,17,23H,10-13H2,1-2H3. The summed E-state index contributed by atoms with van der Waals surface area (Å²) >= 11 is 6.23. The molecule has 150 valence electrons. The number of nitrogens with zero attached hydrogens (tertiary/aromatic N) is 1. The number of piperidine rings is 1. The highest BCUT2D eigenvalue weighted by atomic mass is 35.5. The third kappa shape index (κ3) is 4.74. The lowest BCUT2D eigenvalue weighted by Crippen LogP contribution is -2.38. The number of hydrogen-bond acceptors (Lipinski definition) is 3. The Balaban J connectivity index is 1.75. The Morgan fingerprint density at radius 2 is 1.75 bits per heavy atom. The monoisotopic (exact) mass is 420 g/mol. The molecule has 1 aliphatic heterocycles. The van der Waals surface area contributed by atoms with Gasteiger partial charge in [-0.05, 0) is 56.4 Å². The van der Waals surface area contributed by atoms with E-state index in [0.717, 1.165) is 12.8 Å². The molecule has 1 aliphatic rings. The van der Waals surface area contributed by atoms with Gasteiger partial charge in [0.1, 0.15) is 0 Å². The van der Waals surface area contributed by atoms with E-state index >= 15 is 0 Å². The van der Waals surface area contributed by atoms with Crippen molar-refractivity contribution in [3.8, 4) is 0 Å². The normalized spacial score (nSPS) is 15.8. The number of hydrogen-bond donors (Lipinski definition) is 1. The van der Waals surface area contributed by atoms with E-state index in [-0.39, 0.29) is 27.4 Å². The highest BCUT2D eigenvalue weighted by Gasteiger charge is 2.27. The number of carbonyl (C=O) groups excluding carboxylic acids is 1. The molecule has 7 heteroatoms. The Morgan fingerprint density at radius 1 is 1.11 bits per heavy atom. The Morgan fingerprint density at radius 3 is 2.36 bits per heavy atom. The predicted molar refractivity (Wildman–Crippen MR) is 111 cm³/mol. The van der Waals surface area contributed by atoms with Gasteiger partial charge in [0.05, 0.1) is 15.5 Å². The number of rotatable bonds is 5. The van der Waals surface area contributed by atoms with Crippen LogP contribution in [0.5, 0.6) is 0 Å². The smallest absolute Gasteiger partial charge is 0.255 e. The van der Waals surface area contributed by atoms with Crippen molar-refractivity contribution in [2.45, 2.75) is 43.5 Å². The van der Waals surface area contributed by atoms with E-state index < -0.39 is 10.0 Å². The first-order valence-corrected chi connectivity index (χ1v) is 11.3. The van der Waals surface area contributed by atoms with E-state index in [1.807, 2.05) is 18.2 Å². The van der Waals surface area contributed by atoms with Gasteiger partial charge in [0.2, 0.25) is 10.0 Å². The van der Waals surface area contributed by atoms with Crippen molar-refractivity contribution < 1.29 is 13.2 Å². The maximum absolute atomic E-state index is 13.0. The van der Waals surface area contributed by atoms with Gasteiger partial charge in [-0.25, -0.2) is 13.1 Å². The van der Waals surface area contributed by atoms with Crippen LogP contribution in [0.1, 0.15) is 48.5 Å². The number of halogens is 1. The van der Waals surface area contributed by atoms with Crippen molar-refractivity contribution in [3.63, 3.8) is 0 Å². The van der Waals surface area contributed by atoms with Gasteiger partial charge in [-0.3, -0.25) is 4.79 Å². The molecule has 0 radical (unpaired) electrons. The lowest BCUT2D eigenvalue weighted by Gasteiger charge is -2.32. The number of nitrogens with one attached hydrogen (secondary N) is 1. The van der Waals surface area contributed by atoms with Crippen LogP contribution in [0.25, 0.3) is 0 Å².